The van der Waals surface area contributed by atoms with Crippen molar-refractivity contribution >= 4 is 5.91 Å². The Morgan fingerprint density at radius 2 is 1.89 bits per heavy atom. The topological polar surface area (TPSA) is 66.6 Å². The van der Waals surface area contributed by atoms with Gasteiger partial charge in [0, 0.05) is 42.6 Å². The molecule has 1 fully saturated rings. The van der Waals surface area contributed by atoms with Crippen LogP contribution in [0.2, 0.25) is 0 Å². The van der Waals surface area contributed by atoms with Gasteiger partial charge >= 0.3 is 0 Å². The molecule has 0 saturated carbocycles. The molecule has 4 rings (SSSR count). The minimum atomic E-state index is -0.644. The second-order valence-electron chi connectivity index (χ2n) is 7.20. The fourth-order valence-electron chi connectivity index (χ4n) is 3.75. The molecule has 6 heteroatoms. The molecule has 0 spiro atoms. The van der Waals surface area contributed by atoms with Gasteiger partial charge < -0.3 is 14.5 Å². The number of rotatable bonds is 4. The Hall–Kier alpha value is -2.99. The number of β-amino-alcohol motifs (C(OH)–C–C–N with tert-alkyl or cyclic N) is 1. The number of aromatic nitrogens is 1. The molecule has 2 atom stereocenters. The maximum Gasteiger partial charge on any atom is 0.254 e. The number of benzene rings is 2. The molecule has 1 amide bonds. The monoisotopic (exact) mass is 380 g/mol. The molecule has 1 aliphatic rings. The third kappa shape index (κ3) is 3.55. The molecule has 144 valence electrons. The lowest BCUT2D eigenvalue weighted by Crippen LogP contribution is -2.30. The third-order valence-corrected chi connectivity index (χ3v) is 5.16. The van der Waals surface area contributed by atoms with E-state index in [-0.39, 0.29) is 24.2 Å². The second-order valence-corrected chi connectivity index (χ2v) is 7.20. The Morgan fingerprint density at radius 3 is 2.61 bits per heavy atom. The Morgan fingerprint density at radius 1 is 1.18 bits per heavy atom. The summed E-state index contributed by atoms with van der Waals surface area (Å²) in [4.78, 5) is 14.8. The fraction of sp³-hybridized carbons (Fsp3) is 0.273. The highest BCUT2D eigenvalue weighted by Gasteiger charge is 2.35. The molecule has 2 heterocycles. The van der Waals surface area contributed by atoms with Crippen LogP contribution in [-0.4, -0.2) is 40.3 Å². The molecular weight excluding hydrogens is 359 g/mol. The standard InChI is InChI=1S/C22H21FN2O3/c1-14-10-16(28-24-14)11-15-12-25(13-21(15)26)22(27)19-8-3-2-6-17(19)18-7-4-5-9-20(18)23/h2-10,15,21,26H,11-13H2,1H3/t15-,21-/m1/s1. The summed E-state index contributed by atoms with van der Waals surface area (Å²) < 4.78 is 19.5. The van der Waals surface area contributed by atoms with E-state index in [9.17, 15) is 14.3 Å². The number of aliphatic hydroxyl groups excluding tert-OH is 1. The number of amides is 1. The van der Waals surface area contributed by atoms with Gasteiger partial charge in [-0.2, -0.15) is 0 Å². The average molecular weight is 380 g/mol. The summed E-state index contributed by atoms with van der Waals surface area (Å²) in [5.41, 5.74) is 2.15. The lowest BCUT2D eigenvalue weighted by atomic mass is 9.98. The van der Waals surface area contributed by atoms with Crippen LogP contribution in [0.3, 0.4) is 0 Å². The molecule has 5 nitrogen and oxygen atoms in total. The minimum absolute atomic E-state index is 0.128. The van der Waals surface area contributed by atoms with Crippen LogP contribution in [-0.2, 0) is 6.42 Å². The highest BCUT2D eigenvalue weighted by Crippen LogP contribution is 2.29. The average Bonchev–Trinajstić information content (AvgIpc) is 3.27. The fourth-order valence-corrected chi connectivity index (χ4v) is 3.75. The van der Waals surface area contributed by atoms with Gasteiger partial charge in [0.05, 0.1) is 11.8 Å². The van der Waals surface area contributed by atoms with Crippen LogP contribution in [0.4, 0.5) is 4.39 Å². The number of aryl methyl sites for hydroxylation is 1. The van der Waals surface area contributed by atoms with Crippen molar-refractivity contribution in [3.05, 3.63) is 77.4 Å². The first kappa shape index (κ1) is 18.4. The summed E-state index contributed by atoms with van der Waals surface area (Å²) in [6.45, 7) is 2.49. The SMILES string of the molecule is Cc1cc(C[C@@H]2CN(C(=O)c3ccccc3-c3ccccc3F)C[C@H]2O)on1. The number of hydrogen-bond donors (Lipinski definition) is 1. The van der Waals surface area contributed by atoms with Crippen molar-refractivity contribution in [2.45, 2.75) is 19.4 Å². The Kier molecular flexibility index (Phi) is 4.96. The largest absolute Gasteiger partial charge is 0.391 e. The van der Waals surface area contributed by atoms with Crippen molar-refractivity contribution < 1.29 is 18.8 Å². The molecular formula is C22H21FN2O3. The number of carbonyl (C=O) groups excluding carboxylic acids is 1. The molecule has 0 aliphatic carbocycles. The first-order chi connectivity index (χ1) is 13.5. The molecule has 28 heavy (non-hydrogen) atoms. The van der Waals surface area contributed by atoms with Gasteiger partial charge in [0.25, 0.3) is 5.91 Å². The summed E-state index contributed by atoms with van der Waals surface area (Å²) in [5, 5.41) is 14.3. The van der Waals surface area contributed by atoms with E-state index < -0.39 is 6.10 Å². The lowest BCUT2D eigenvalue weighted by molar-refractivity contribution is 0.0765. The molecule has 3 aromatic rings. The molecule has 1 saturated heterocycles. The zero-order valence-corrected chi connectivity index (χ0v) is 15.5. The first-order valence-electron chi connectivity index (χ1n) is 9.26. The van der Waals surface area contributed by atoms with Crippen molar-refractivity contribution in [1.82, 2.24) is 10.1 Å². The van der Waals surface area contributed by atoms with Crippen molar-refractivity contribution in [3.63, 3.8) is 0 Å². The maximum atomic E-state index is 14.3. The predicted molar refractivity (Wildman–Crippen MR) is 102 cm³/mol. The maximum absolute atomic E-state index is 14.3. The van der Waals surface area contributed by atoms with Crippen molar-refractivity contribution in [1.29, 1.82) is 0 Å². The number of aliphatic hydroxyl groups is 1. The van der Waals surface area contributed by atoms with E-state index in [1.807, 2.05) is 13.0 Å². The van der Waals surface area contributed by atoms with E-state index in [0.717, 1.165) is 5.69 Å². The van der Waals surface area contributed by atoms with Gasteiger partial charge in [-0.3, -0.25) is 4.79 Å². The predicted octanol–water partition coefficient (Wildman–Crippen LogP) is 3.46. The summed E-state index contributed by atoms with van der Waals surface area (Å²) in [6, 6.07) is 15.2. The van der Waals surface area contributed by atoms with E-state index in [2.05, 4.69) is 5.16 Å². The van der Waals surface area contributed by atoms with Gasteiger partial charge in [-0.15, -0.1) is 0 Å². The second kappa shape index (κ2) is 7.56. The van der Waals surface area contributed by atoms with Crippen LogP contribution in [0.5, 0.6) is 0 Å². The van der Waals surface area contributed by atoms with Crippen LogP contribution in [0.1, 0.15) is 21.8 Å². The van der Waals surface area contributed by atoms with E-state index in [0.29, 0.717) is 35.4 Å². The van der Waals surface area contributed by atoms with Gasteiger partial charge in [-0.25, -0.2) is 4.39 Å². The normalized spacial score (nSPS) is 19.2. The summed E-state index contributed by atoms with van der Waals surface area (Å²) in [6.07, 6.45) is -0.129. The van der Waals surface area contributed by atoms with Crippen LogP contribution in [0.15, 0.2) is 59.1 Å². The third-order valence-electron chi connectivity index (χ3n) is 5.16. The molecule has 1 N–H and O–H groups in total. The van der Waals surface area contributed by atoms with E-state index in [1.54, 1.807) is 47.4 Å². The number of carbonyl (C=O) groups is 1. The molecule has 1 aliphatic heterocycles. The number of likely N-dealkylation sites (tertiary alicyclic amines) is 1. The quantitative estimate of drug-likeness (QED) is 0.753. The first-order valence-corrected chi connectivity index (χ1v) is 9.26. The molecule has 2 aromatic carbocycles. The number of hydrogen-bond acceptors (Lipinski definition) is 4. The molecule has 0 bridgehead atoms. The van der Waals surface area contributed by atoms with Crippen molar-refractivity contribution in [2.75, 3.05) is 13.1 Å². The lowest BCUT2D eigenvalue weighted by Gasteiger charge is -2.18. The summed E-state index contributed by atoms with van der Waals surface area (Å²) in [5.74, 6) is -0.0172. The van der Waals surface area contributed by atoms with E-state index in [1.165, 1.54) is 6.07 Å². The molecule has 0 radical (unpaired) electrons. The van der Waals surface area contributed by atoms with Crippen LogP contribution >= 0.6 is 0 Å². The van der Waals surface area contributed by atoms with Crippen LogP contribution in [0, 0.1) is 18.7 Å². The molecule has 1 aromatic heterocycles. The summed E-state index contributed by atoms with van der Waals surface area (Å²) in [7, 11) is 0. The summed E-state index contributed by atoms with van der Waals surface area (Å²) >= 11 is 0. The van der Waals surface area contributed by atoms with Gasteiger partial charge in [0.1, 0.15) is 11.6 Å². The Balaban J connectivity index is 1.57. The van der Waals surface area contributed by atoms with Crippen LogP contribution in [0.25, 0.3) is 11.1 Å². The molecule has 0 unspecified atom stereocenters. The number of halogens is 1. The van der Waals surface area contributed by atoms with Gasteiger partial charge in [-0.1, -0.05) is 41.6 Å². The highest BCUT2D eigenvalue weighted by molar-refractivity contribution is 6.01. The zero-order chi connectivity index (χ0) is 19.7. The van der Waals surface area contributed by atoms with E-state index >= 15 is 0 Å². The van der Waals surface area contributed by atoms with Gasteiger partial charge in [-0.05, 0) is 24.6 Å². The Labute approximate surface area is 162 Å². The Bertz CT molecular complexity index is 1000. The number of nitrogens with zero attached hydrogens (tertiary/aromatic N) is 2. The zero-order valence-electron chi connectivity index (χ0n) is 15.5. The van der Waals surface area contributed by atoms with Gasteiger partial charge in [0.15, 0.2) is 0 Å². The minimum Gasteiger partial charge on any atom is -0.391 e. The van der Waals surface area contributed by atoms with Crippen molar-refractivity contribution in [2.24, 2.45) is 5.92 Å². The smallest absolute Gasteiger partial charge is 0.254 e. The van der Waals surface area contributed by atoms with Crippen LogP contribution < -0.4 is 0 Å². The highest BCUT2D eigenvalue weighted by atomic mass is 19.1. The van der Waals surface area contributed by atoms with Gasteiger partial charge in [0.2, 0.25) is 0 Å². The van der Waals surface area contributed by atoms with Crippen molar-refractivity contribution in [3.8, 4) is 11.1 Å². The van der Waals surface area contributed by atoms with E-state index in [4.69, 9.17) is 4.52 Å².